The molecule has 0 aromatic carbocycles. The molecule has 2 aliphatic heterocycles. The van der Waals surface area contributed by atoms with Gasteiger partial charge in [-0.25, -0.2) is 9.97 Å². The van der Waals surface area contributed by atoms with Crippen molar-refractivity contribution in [2.75, 3.05) is 6.54 Å². The molecule has 3 fully saturated rings. The van der Waals surface area contributed by atoms with Crippen molar-refractivity contribution in [2.45, 2.75) is 31.2 Å². The van der Waals surface area contributed by atoms with Gasteiger partial charge < -0.3 is 4.90 Å². The monoisotopic (exact) mass is 302 g/mol. The first-order chi connectivity index (χ1) is 10.2. The van der Waals surface area contributed by atoms with Crippen LogP contribution in [0.15, 0.2) is 18.6 Å². The van der Waals surface area contributed by atoms with E-state index in [1.165, 1.54) is 0 Å². The summed E-state index contributed by atoms with van der Waals surface area (Å²) in [7, 11) is 0. The zero-order valence-electron chi connectivity index (χ0n) is 11.4. The molecule has 2 aromatic heterocycles. The molecule has 5 nitrogen and oxygen atoms in total. The average Bonchev–Trinajstić information content (AvgIpc) is 3.09. The molecular weight excluding hydrogens is 288 g/mol. The van der Waals surface area contributed by atoms with Gasteiger partial charge in [-0.3, -0.25) is 9.20 Å². The second-order valence-electron chi connectivity index (χ2n) is 6.43. The van der Waals surface area contributed by atoms with E-state index in [4.69, 9.17) is 11.6 Å². The van der Waals surface area contributed by atoms with Crippen molar-refractivity contribution < 1.29 is 4.79 Å². The number of nitrogens with zero attached hydrogens (tertiary/aromatic N) is 4. The molecule has 3 aliphatic rings. The maximum Gasteiger partial charge on any atom is 0.226 e. The normalized spacial score (nSPS) is 34.1. The summed E-state index contributed by atoms with van der Waals surface area (Å²) in [6.07, 6.45) is 8.70. The number of fused-ring (bicyclic) bond motifs is 4. The van der Waals surface area contributed by atoms with Gasteiger partial charge in [0.15, 0.2) is 5.15 Å². The van der Waals surface area contributed by atoms with Crippen molar-refractivity contribution in [1.82, 2.24) is 19.3 Å². The van der Waals surface area contributed by atoms with Gasteiger partial charge in [0, 0.05) is 36.8 Å². The molecule has 4 heterocycles. The summed E-state index contributed by atoms with van der Waals surface area (Å²) in [5, 5.41) is 0.475. The summed E-state index contributed by atoms with van der Waals surface area (Å²) in [5.41, 5.74) is 0.840. The molecule has 0 unspecified atom stereocenters. The van der Waals surface area contributed by atoms with Crippen LogP contribution in [0.1, 0.15) is 31.0 Å². The van der Waals surface area contributed by atoms with E-state index in [0.717, 1.165) is 37.1 Å². The van der Waals surface area contributed by atoms with Crippen molar-refractivity contribution in [1.29, 1.82) is 0 Å². The highest BCUT2D eigenvalue weighted by Gasteiger charge is 2.59. The molecule has 5 rings (SSSR count). The molecule has 2 aromatic rings. The van der Waals surface area contributed by atoms with E-state index < -0.39 is 0 Å². The fraction of sp³-hybridized carbons (Fsp3) is 0.533. The van der Waals surface area contributed by atoms with Gasteiger partial charge in [0.2, 0.25) is 5.91 Å². The number of rotatable bonds is 1. The Morgan fingerprint density at radius 2 is 2.19 bits per heavy atom. The van der Waals surface area contributed by atoms with Gasteiger partial charge in [0.25, 0.3) is 0 Å². The zero-order chi connectivity index (χ0) is 14.1. The van der Waals surface area contributed by atoms with Gasteiger partial charge >= 0.3 is 0 Å². The third kappa shape index (κ3) is 1.55. The minimum Gasteiger partial charge on any atom is -0.338 e. The molecule has 2 saturated heterocycles. The van der Waals surface area contributed by atoms with E-state index in [0.29, 0.717) is 34.9 Å². The molecule has 0 radical (unpaired) electrons. The van der Waals surface area contributed by atoms with E-state index in [2.05, 4.69) is 14.9 Å². The summed E-state index contributed by atoms with van der Waals surface area (Å²) in [4.78, 5) is 23.0. The minimum atomic E-state index is 0.295. The van der Waals surface area contributed by atoms with E-state index in [9.17, 15) is 4.79 Å². The quantitative estimate of drug-likeness (QED) is 0.810. The number of carbonyl (C=O) groups excluding carboxylic acids is 1. The highest BCUT2D eigenvalue weighted by molar-refractivity contribution is 6.32. The maximum absolute atomic E-state index is 12.3. The Labute approximate surface area is 126 Å². The summed E-state index contributed by atoms with van der Waals surface area (Å²) >= 11 is 6.11. The Bertz CT molecular complexity index is 757. The fourth-order valence-corrected chi connectivity index (χ4v) is 4.45. The van der Waals surface area contributed by atoms with Crippen LogP contribution < -0.4 is 0 Å². The number of hydrogen-bond donors (Lipinski definition) is 0. The van der Waals surface area contributed by atoms with Gasteiger partial charge in [-0.15, -0.1) is 0 Å². The first kappa shape index (κ1) is 12.0. The fourth-order valence-electron chi connectivity index (χ4n) is 4.26. The molecule has 6 heteroatoms. The zero-order valence-corrected chi connectivity index (χ0v) is 12.2. The van der Waals surface area contributed by atoms with Gasteiger partial charge in [-0.2, -0.15) is 0 Å². The topological polar surface area (TPSA) is 50.5 Å². The molecular formula is C15H15ClN4O. The lowest BCUT2D eigenvalue weighted by Gasteiger charge is -2.36. The molecule has 108 valence electrons. The van der Waals surface area contributed by atoms with E-state index in [1.807, 2.05) is 10.6 Å². The number of imidazole rings is 1. The van der Waals surface area contributed by atoms with Gasteiger partial charge in [-0.1, -0.05) is 11.6 Å². The minimum absolute atomic E-state index is 0.295. The van der Waals surface area contributed by atoms with Crippen LogP contribution in [0, 0.1) is 11.8 Å². The predicted molar refractivity (Wildman–Crippen MR) is 77.1 cm³/mol. The van der Waals surface area contributed by atoms with Crippen molar-refractivity contribution in [3.8, 4) is 0 Å². The van der Waals surface area contributed by atoms with E-state index in [-0.39, 0.29) is 0 Å². The molecule has 0 N–H and O–H groups in total. The smallest absolute Gasteiger partial charge is 0.226 e. The van der Waals surface area contributed by atoms with Crippen molar-refractivity contribution in [3.63, 3.8) is 0 Å². The number of hydrogen-bond acceptors (Lipinski definition) is 3. The number of halogens is 1. The van der Waals surface area contributed by atoms with Crippen LogP contribution in [0.5, 0.6) is 0 Å². The van der Waals surface area contributed by atoms with Crippen LogP contribution in [0.3, 0.4) is 0 Å². The summed E-state index contributed by atoms with van der Waals surface area (Å²) in [5.74, 6) is 2.65. The second-order valence-corrected chi connectivity index (χ2v) is 6.79. The predicted octanol–water partition coefficient (Wildman–Crippen LogP) is 2.11. The standard InChI is InChI=1S/C15H15ClN4O/c16-13-12-6-18-14(19(12)4-3-17-13)8-1-2-11-9-5-10(9)15(21)20(11)7-8/h3-4,6,8-11H,1-2,5,7H2/t8-,9+,10-,11+/m1/s1. The SMILES string of the molecule is O=C1[C@@H]2C[C@@H]2[C@@H]2CC[C@@H](c3ncc4c(Cl)nccn34)CN12. The summed E-state index contributed by atoms with van der Waals surface area (Å²) < 4.78 is 2.02. The Kier molecular flexibility index (Phi) is 2.27. The van der Waals surface area contributed by atoms with Crippen LogP contribution in [0.2, 0.25) is 5.15 Å². The third-order valence-corrected chi connectivity index (χ3v) is 5.66. The third-order valence-electron chi connectivity index (χ3n) is 5.37. The number of piperidine rings is 2. The first-order valence-corrected chi connectivity index (χ1v) is 7.90. The Hall–Kier alpha value is -1.62. The van der Waals surface area contributed by atoms with Gasteiger partial charge in [-0.05, 0) is 25.2 Å². The Balaban J connectivity index is 1.50. The summed E-state index contributed by atoms with van der Waals surface area (Å²) in [6, 6.07) is 0.496. The number of amides is 1. The van der Waals surface area contributed by atoms with Crippen LogP contribution in [0.25, 0.3) is 5.52 Å². The van der Waals surface area contributed by atoms with E-state index in [1.54, 1.807) is 12.4 Å². The second kappa shape index (κ2) is 3.97. The Morgan fingerprint density at radius 3 is 3.10 bits per heavy atom. The van der Waals surface area contributed by atoms with Crippen LogP contribution in [-0.2, 0) is 4.79 Å². The largest absolute Gasteiger partial charge is 0.338 e. The van der Waals surface area contributed by atoms with Gasteiger partial charge in [0.1, 0.15) is 11.3 Å². The molecule has 21 heavy (non-hydrogen) atoms. The number of aromatic nitrogens is 3. The van der Waals surface area contributed by atoms with Crippen molar-refractivity contribution in [2.24, 2.45) is 11.8 Å². The highest BCUT2D eigenvalue weighted by Crippen LogP contribution is 2.54. The van der Waals surface area contributed by atoms with Crippen LogP contribution in [-0.4, -0.2) is 37.8 Å². The maximum atomic E-state index is 12.3. The average molecular weight is 303 g/mol. The van der Waals surface area contributed by atoms with Gasteiger partial charge in [0.05, 0.1) is 6.20 Å². The van der Waals surface area contributed by atoms with Crippen molar-refractivity contribution in [3.05, 3.63) is 29.6 Å². The molecule has 1 saturated carbocycles. The lowest BCUT2D eigenvalue weighted by molar-refractivity contribution is -0.132. The lowest BCUT2D eigenvalue weighted by atomic mass is 9.91. The molecule has 0 bridgehead atoms. The molecule has 1 aliphatic carbocycles. The molecule has 0 spiro atoms. The lowest BCUT2D eigenvalue weighted by Crippen LogP contribution is -2.43. The van der Waals surface area contributed by atoms with E-state index >= 15 is 0 Å². The highest BCUT2D eigenvalue weighted by atomic mass is 35.5. The van der Waals surface area contributed by atoms with Crippen molar-refractivity contribution >= 4 is 23.0 Å². The summed E-state index contributed by atoms with van der Waals surface area (Å²) in [6.45, 7) is 0.801. The first-order valence-electron chi connectivity index (χ1n) is 7.52. The van der Waals surface area contributed by atoms with Crippen LogP contribution in [0.4, 0.5) is 0 Å². The Morgan fingerprint density at radius 1 is 1.29 bits per heavy atom. The molecule has 1 amide bonds. The molecule has 4 atom stereocenters. The number of carbonyl (C=O) groups is 1. The van der Waals surface area contributed by atoms with Crippen LogP contribution >= 0.6 is 11.6 Å².